The molecule has 0 aliphatic heterocycles. The van der Waals surface area contributed by atoms with Crippen molar-refractivity contribution < 1.29 is 5.11 Å². The van der Waals surface area contributed by atoms with Crippen molar-refractivity contribution >= 4 is 0 Å². The minimum absolute atomic E-state index is 0.161. The summed E-state index contributed by atoms with van der Waals surface area (Å²) < 4.78 is 0. The first-order valence-corrected chi connectivity index (χ1v) is 6.09. The van der Waals surface area contributed by atoms with Gasteiger partial charge in [-0.3, -0.25) is 0 Å². The fourth-order valence-electron chi connectivity index (χ4n) is 5.16. The molecule has 0 spiro atoms. The van der Waals surface area contributed by atoms with E-state index in [0.29, 0.717) is 13.2 Å². The molecule has 0 saturated heterocycles. The van der Waals surface area contributed by atoms with Gasteiger partial charge >= 0.3 is 0 Å². The Hall–Kier alpha value is -0.440. The third-order valence-electron chi connectivity index (χ3n) is 5.04. The molecule has 0 radical (unpaired) electrons. The molecule has 4 saturated carbocycles. The minimum Gasteiger partial charge on any atom is -0.396 e. The van der Waals surface area contributed by atoms with Gasteiger partial charge in [0.15, 0.2) is 0 Å². The van der Waals surface area contributed by atoms with Crippen molar-refractivity contribution in [1.29, 1.82) is 0 Å². The number of hydrogen-bond donors (Lipinski definition) is 1. The Kier molecular flexibility index (Phi) is 1.97. The number of nitroso groups, excluding NO2 is 1. The normalized spacial score (nSPS) is 52.1. The smallest absolute Gasteiger partial charge is 0.0867 e. The van der Waals surface area contributed by atoms with E-state index in [9.17, 15) is 10.0 Å². The number of hydrogen-bond acceptors (Lipinski definition) is 3. The van der Waals surface area contributed by atoms with Crippen LogP contribution in [-0.4, -0.2) is 18.3 Å². The van der Waals surface area contributed by atoms with Crippen LogP contribution < -0.4 is 0 Å². The van der Waals surface area contributed by atoms with Crippen molar-refractivity contribution in [2.75, 3.05) is 13.2 Å². The Morgan fingerprint density at radius 3 is 2.27 bits per heavy atom. The van der Waals surface area contributed by atoms with Gasteiger partial charge in [0.25, 0.3) is 0 Å². The average molecular weight is 209 g/mol. The molecule has 3 nitrogen and oxygen atoms in total. The Balaban J connectivity index is 1.91. The quantitative estimate of drug-likeness (QED) is 0.725. The standard InChI is InChI=1S/C12H19NO2/c14-8-12-4-9-1-10(5-12)3-11(2-9,6-12)7-13-15/h9-10,14H,1-8H2. The van der Waals surface area contributed by atoms with E-state index in [-0.39, 0.29) is 10.8 Å². The van der Waals surface area contributed by atoms with Gasteiger partial charge in [-0.1, -0.05) is 5.18 Å². The SMILES string of the molecule is O=NCC12CC3CC(CC(CO)(C3)C1)C2. The maximum absolute atomic E-state index is 10.6. The second kappa shape index (κ2) is 3.03. The lowest BCUT2D eigenvalue weighted by Gasteiger charge is -2.61. The molecule has 2 atom stereocenters. The van der Waals surface area contributed by atoms with Crippen molar-refractivity contribution in [1.82, 2.24) is 0 Å². The van der Waals surface area contributed by atoms with Gasteiger partial charge < -0.3 is 5.11 Å². The molecule has 4 bridgehead atoms. The predicted molar refractivity (Wildman–Crippen MR) is 57.3 cm³/mol. The fraction of sp³-hybridized carbons (Fsp3) is 1.00. The Morgan fingerprint density at radius 1 is 1.13 bits per heavy atom. The predicted octanol–water partition coefficient (Wildman–Crippen LogP) is 2.33. The molecule has 4 aliphatic carbocycles. The van der Waals surface area contributed by atoms with Crippen LogP contribution in [0.25, 0.3) is 0 Å². The maximum Gasteiger partial charge on any atom is 0.0867 e. The van der Waals surface area contributed by atoms with Crippen LogP contribution in [0.15, 0.2) is 5.18 Å². The Labute approximate surface area is 90.2 Å². The summed E-state index contributed by atoms with van der Waals surface area (Å²) >= 11 is 0. The third kappa shape index (κ3) is 1.36. The van der Waals surface area contributed by atoms with Crippen LogP contribution in [0.1, 0.15) is 38.5 Å². The number of aliphatic hydroxyl groups excluding tert-OH is 1. The van der Waals surface area contributed by atoms with Crippen molar-refractivity contribution in [2.45, 2.75) is 38.5 Å². The summed E-state index contributed by atoms with van der Waals surface area (Å²) in [5.41, 5.74) is 0.337. The van der Waals surface area contributed by atoms with Crippen LogP contribution in [-0.2, 0) is 0 Å². The number of aliphatic hydroxyl groups is 1. The highest BCUT2D eigenvalue weighted by atomic mass is 16.3. The number of nitrogens with zero attached hydrogens (tertiary/aromatic N) is 1. The molecule has 15 heavy (non-hydrogen) atoms. The first-order chi connectivity index (χ1) is 7.19. The molecule has 0 aromatic heterocycles. The molecular weight excluding hydrogens is 190 g/mol. The van der Waals surface area contributed by atoms with Crippen LogP contribution in [0, 0.1) is 27.6 Å². The van der Waals surface area contributed by atoms with E-state index in [4.69, 9.17) is 0 Å². The topological polar surface area (TPSA) is 49.7 Å². The molecule has 0 amide bonds. The van der Waals surface area contributed by atoms with Crippen LogP contribution in [0.3, 0.4) is 0 Å². The molecule has 4 fully saturated rings. The first kappa shape index (κ1) is 9.76. The average Bonchev–Trinajstić information content (AvgIpc) is 2.15. The van der Waals surface area contributed by atoms with Gasteiger partial charge in [0.1, 0.15) is 0 Å². The van der Waals surface area contributed by atoms with Crippen molar-refractivity contribution in [3.05, 3.63) is 4.91 Å². The van der Waals surface area contributed by atoms with E-state index in [0.717, 1.165) is 18.3 Å². The van der Waals surface area contributed by atoms with E-state index in [2.05, 4.69) is 5.18 Å². The van der Waals surface area contributed by atoms with Gasteiger partial charge in [0.05, 0.1) is 6.54 Å². The number of rotatable bonds is 3. The Morgan fingerprint density at radius 2 is 1.73 bits per heavy atom. The summed E-state index contributed by atoms with van der Waals surface area (Å²) in [6.45, 7) is 0.808. The molecule has 4 aliphatic rings. The van der Waals surface area contributed by atoms with E-state index in [1.54, 1.807) is 0 Å². The summed E-state index contributed by atoms with van der Waals surface area (Å²) in [6, 6.07) is 0. The van der Waals surface area contributed by atoms with Crippen molar-refractivity contribution in [3.8, 4) is 0 Å². The highest BCUT2D eigenvalue weighted by Crippen LogP contribution is 2.65. The van der Waals surface area contributed by atoms with Crippen LogP contribution in [0.4, 0.5) is 0 Å². The molecule has 0 aromatic carbocycles. The second-order valence-corrected chi connectivity index (χ2v) is 6.41. The minimum atomic E-state index is 0.161. The summed E-state index contributed by atoms with van der Waals surface area (Å²) in [6.07, 6.45) is 7.16. The lowest BCUT2D eigenvalue weighted by atomic mass is 9.44. The fourth-order valence-corrected chi connectivity index (χ4v) is 5.16. The van der Waals surface area contributed by atoms with Crippen LogP contribution >= 0.6 is 0 Å². The van der Waals surface area contributed by atoms with Crippen LogP contribution in [0.5, 0.6) is 0 Å². The summed E-state index contributed by atoms with van der Waals surface area (Å²) in [5.74, 6) is 1.53. The zero-order valence-electron chi connectivity index (χ0n) is 9.11. The Bertz CT molecular complexity index is 275. The van der Waals surface area contributed by atoms with Gasteiger partial charge in [-0.15, -0.1) is 0 Å². The van der Waals surface area contributed by atoms with Gasteiger partial charge in [-0.05, 0) is 61.2 Å². The lowest BCUT2D eigenvalue weighted by molar-refractivity contribution is -0.125. The zero-order valence-corrected chi connectivity index (χ0v) is 9.11. The van der Waals surface area contributed by atoms with E-state index >= 15 is 0 Å². The molecule has 0 heterocycles. The molecule has 0 aromatic rings. The second-order valence-electron chi connectivity index (χ2n) is 6.41. The molecule has 3 heteroatoms. The zero-order chi connectivity index (χ0) is 10.5. The van der Waals surface area contributed by atoms with E-state index < -0.39 is 0 Å². The summed E-state index contributed by atoms with van der Waals surface area (Å²) in [7, 11) is 0. The molecule has 84 valence electrons. The monoisotopic (exact) mass is 209 g/mol. The summed E-state index contributed by atoms with van der Waals surface area (Å²) in [5, 5.41) is 12.8. The molecule has 1 N–H and O–H groups in total. The maximum atomic E-state index is 10.6. The summed E-state index contributed by atoms with van der Waals surface area (Å²) in [4.78, 5) is 10.6. The molecule has 4 rings (SSSR count). The van der Waals surface area contributed by atoms with Gasteiger partial charge in [-0.2, -0.15) is 4.91 Å². The van der Waals surface area contributed by atoms with Crippen molar-refractivity contribution in [3.63, 3.8) is 0 Å². The highest BCUT2D eigenvalue weighted by Gasteiger charge is 2.57. The van der Waals surface area contributed by atoms with E-state index in [1.807, 2.05) is 0 Å². The van der Waals surface area contributed by atoms with Crippen molar-refractivity contribution in [2.24, 2.45) is 27.8 Å². The first-order valence-electron chi connectivity index (χ1n) is 6.09. The molecule has 2 unspecified atom stereocenters. The van der Waals surface area contributed by atoms with Gasteiger partial charge in [0.2, 0.25) is 0 Å². The highest BCUT2D eigenvalue weighted by molar-refractivity contribution is 5.08. The van der Waals surface area contributed by atoms with Gasteiger partial charge in [0, 0.05) is 6.61 Å². The lowest BCUT2D eigenvalue weighted by Crippen LogP contribution is -2.54. The molecular formula is C12H19NO2. The van der Waals surface area contributed by atoms with E-state index in [1.165, 1.54) is 32.1 Å². The van der Waals surface area contributed by atoms with Gasteiger partial charge in [-0.25, -0.2) is 0 Å². The third-order valence-corrected chi connectivity index (χ3v) is 5.04. The van der Waals surface area contributed by atoms with Crippen LogP contribution in [0.2, 0.25) is 0 Å². The largest absolute Gasteiger partial charge is 0.396 e.